The summed E-state index contributed by atoms with van der Waals surface area (Å²) in [6, 6.07) is 6.46. The quantitative estimate of drug-likeness (QED) is 0.458. The summed E-state index contributed by atoms with van der Waals surface area (Å²) in [5, 5.41) is 6.83. The molecule has 3 heterocycles. The minimum absolute atomic E-state index is 0.0401. The van der Waals surface area contributed by atoms with Gasteiger partial charge in [-0.25, -0.2) is 14.4 Å². The van der Waals surface area contributed by atoms with Gasteiger partial charge >= 0.3 is 0 Å². The molecule has 0 spiro atoms. The number of nitrogens with one attached hydrogen (secondary N) is 2. The lowest BCUT2D eigenvalue weighted by Crippen LogP contribution is -2.48. The maximum atomic E-state index is 14.4. The number of anilines is 3. The molecule has 0 unspecified atom stereocenters. The van der Waals surface area contributed by atoms with E-state index in [-0.39, 0.29) is 29.3 Å². The van der Waals surface area contributed by atoms with Crippen LogP contribution in [0.15, 0.2) is 30.5 Å². The Morgan fingerprint density at radius 3 is 2.74 bits per heavy atom. The number of hydrogen-bond acceptors (Lipinski definition) is 8. The summed E-state index contributed by atoms with van der Waals surface area (Å²) in [4.78, 5) is 35.5. The summed E-state index contributed by atoms with van der Waals surface area (Å²) in [6.07, 6.45) is 5.15. The molecule has 1 saturated heterocycles. The van der Waals surface area contributed by atoms with Crippen molar-refractivity contribution < 1.29 is 14.0 Å². The third kappa shape index (κ3) is 5.24. The number of rotatable bonds is 7. The first kappa shape index (κ1) is 23.2. The molecular formula is C24H26FN7O2S. The third-order valence-electron chi connectivity index (χ3n) is 6.22. The summed E-state index contributed by atoms with van der Waals surface area (Å²) < 4.78 is 18.6. The van der Waals surface area contributed by atoms with E-state index < -0.39 is 5.91 Å². The molecule has 35 heavy (non-hydrogen) atoms. The number of primary amides is 1. The van der Waals surface area contributed by atoms with Crippen LogP contribution in [-0.2, 0) is 0 Å². The molecule has 1 aromatic carbocycles. The van der Waals surface area contributed by atoms with Gasteiger partial charge in [-0.1, -0.05) is 6.07 Å². The van der Waals surface area contributed by atoms with Gasteiger partial charge in [0.25, 0.3) is 11.8 Å². The number of amides is 2. The van der Waals surface area contributed by atoms with Crippen LogP contribution in [0.5, 0.6) is 0 Å². The highest BCUT2D eigenvalue weighted by molar-refractivity contribution is 7.10. The molecule has 1 saturated carbocycles. The number of aryl methyl sites for hydroxylation is 1. The van der Waals surface area contributed by atoms with Crippen molar-refractivity contribution in [2.45, 2.75) is 44.6 Å². The fourth-order valence-electron chi connectivity index (χ4n) is 4.30. The zero-order chi connectivity index (χ0) is 24.5. The highest BCUT2D eigenvalue weighted by atomic mass is 32.1. The van der Waals surface area contributed by atoms with Crippen LogP contribution in [-0.4, -0.2) is 45.3 Å². The Labute approximate surface area is 206 Å². The Balaban J connectivity index is 1.29. The fourth-order valence-corrected chi connectivity index (χ4v) is 4.97. The fraction of sp³-hybridized carbons (Fsp3) is 0.375. The van der Waals surface area contributed by atoms with Crippen LogP contribution in [0.4, 0.5) is 21.0 Å². The van der Waals surface area contributed by atoms with E-state index in [1.54, 1.807) is 12.1 Å². The number of piperidine rings is 1. The van der Waals surface area contributed by atoms with Crippen molar-refractivity contribution >= 4 is 40.0 Å². The number of aromatic nitrogens is 3. The van der Waals surface area contributed by atoms with Gasteiger partial charge in [0, 0.05) is 24.7 Å². The van der Waals surface area contributed by atoms with Crippen molar-refractivity contribution in [1.82, 2.24) is 19.7 Å². The highest BCUT2D eigenvalue weighted by Crippen LogP contribution is 2.41. The van der Waals surface area contributed by atoms with Crippen molar-refractivity contribution in [1.29, 1.82) is 0 Å². The van der Waals surface area contributed by atoms with Gasteiger partial charge in [0.2, 0.25) is 0 Å². The molecule has 1 atom stereocenters. The topological polar surface area (TPSA) is 126 Å². The molecule has 9 nitrogen and oxygen atoms in total. The van der Waals surface area contributed by atoms with Crippen LogP contribution >= 0.6 is 11.5 Å². The van der Waals surface area contributed by atoms with Crippen LogP contribution in [0, 0.1) is 12.7 Å². The highest BCUT2D eigenvalue weighted by Gasteiger charge is 2.28. The average molecular weight is 496 g/mol. The Kier molecular flexibility index (Phi) is 6.33. The summed E-state index contributed by atoms with van der Waals surface area (Å²) in [5.74, 6) is -0.173. The van der Waals surface area contributed by atoms with E-state index >= 15 is 0 Å². The Morgan fingerprint density at radius 1 is 1.23 bits per heavy atom. The first-order valence-electron chi connectivity index (χ1n) is 11.6. The third-order valence-corrected chi connectivity index (χ3v) is 7.02. The Hall–Kier alpha value is -3.60. The predicted octanol–water partition coefficient (Wildman–Crippen LogP) is 3.50. The van der Waals surface area contributed by atoms with E-state index in [9.17, 15) is 14.0 Å². The first-order valence-corrected chi connectivity index (χ1v) is 12.4. The molecule has 1 aliphatic heterocycles. The van der Waals surface area contributed by atoms with E-state index in [1.165, 1.54) is 23.8 Å². The van der Waals surface area contributed by atoms with E-state index in [0.29, 0.717) is 29.4 Å². The van der Waals surface area contributed by atoms with Gasteiger partial charge in [0.15, 0.2) is 11.5 Å². The van der Waals surface area contributed by atoms with Crippen molar-refractivity contribution in [2.24, 2.45) is 5.73 Å². The molecule has 0 bridgehead atoms. The van der Waals surface area contributed by atoms with Gasteiger partial charge in [-0.15, -0.1) is 0 Å². The largest absolute Gasteiger partial charge is 0.364 e. The van der Waals surface area contributed by atoms with Gasteiger partial charge in [-0.2, -0.15) is 4.37 Å². The molecule has 3 aromatic rings. The van der Waals surface area contributed by atoms with Crippen molar-refractivity contribution in [2.75, 3.05) is 23.3 Å². The molecule has 182 valence electrons. The van der Waals surface area contributed by atoms with Gasteiger partial charge in [-0.05, 0) is 73.8 Å². The maximum Gasteiger partial charge on any atom is 0.271 e. The SMILES string of the molecule is Cc1cc(Nc2nc(N3CCC[C@@H](NC(=O)c4ccc(C5CC5)c(F)c4)C3)cnc2C(N)=O)sn1. The van der Waals surface area contributed by atoms with Crippen LogP contribution < -0.4 is 21.3 Å². The first-order chi connectivity index (χ1) is 16.9. The van der Waals surface area contributed by atoms with Gasteiger partial charge in [-0.3, -0.25) is 9.59 Å². The molecule has 2 aromatic heterocycles. The Morgan fingerprint density at radius 2 is 2.06 bits per heavy atom. The predicted molar refractivity (Wildman–Crippen MR) is 132 cm³/mol. The van der Waals surface area contributed by atoms with Crippen LogP contribution in [0.3, 0.4) is 0 Å². The van der Waals surface area contributed by atoms with Crippen molar-refractivity contribution in [3.63, 3.8) is 0 Å². The van der Waals surface area contributed by atoms with Crippen LogP contribution in [0.2, 0.25) is 0 Å². The second-order valence-electron chi connectivity index (χ2n) is 9.02. The number of halogens is 1. The molecule has 5 rings (SSSR count). The number of carbonyl (C=O) groups is 2. The smallest absolute Gasteiger partial charge is 0.271 e. The molecule has 4 N–H and O–H groups in total. The van der Waals surface area contributed by atoms with Gasteiger partial charge in [0.05, 0.1) is 11.9 Å². The number of benzene rings is 1. The minimum Gasteiger partial charge on any atom is -0.364 e. The average Bonchev–Trinajstić information content (AvgIpc) is 3.60. The summed E-state index contributed by atoms with van der Waals surface area (Å²) in [7, 11) is 0. The maximum absolute atomic E-state index is 14.4. The van der Waals surface area contributed by atoms with Crippen molar-refractivity contribution in [3.8, 4) is 0 Å². The lowest BCUT2D eigenvalue weighted by atomic mass is 10.0. The zero-order valence-corrected chi connectivity index (χ0v) is 20.1. The van der Waals surface area contributed by atoms with Gasteiger partial charge in [0.1, 0.15) is 16.6 Å². The number of nitrogens with zero attached hydrogens (tertiary/aromatic N) is 4. The Bertz CT molecular complexity index is 1280. The molecular weight excluding hydrogens is 469 g/mol. The summed E-state index contributed by atoms with van der Waals surface area (Å²) >= 11 is 1.25. The lowest BCUT2D eigenvalue weighted by Gasteiger charge is -2.34. The van der Waals surface area contributed by atoms with Crippen molar-refractivity contribution in [3.05, 3.63) is 58.8 Å². The van der Waals surface area contributed by atoms with Crippen LogP contribution in [0.25, 0.3) is 0 Å². The normalized spacial score (nSPS) is 17.8. The second kappa shape index (κ2) is 9.57. The number of carbonyl (C=O) groups excluding carboxylic acids is 2. The van der Waals surface area contributed by atoms with E-state index in [1.807, 2.05) is 17.9 Å². The van der Waals surface area contributed by atoms with Crippen LogP contribution in [0.1, 0.15) is 63.7 Å². The summed E-state index contributed by atoms with van der Waals surface area (Å²) in [5.41, 5.74) is 7.39. The zero-order valence-electron chi connectivity index (χ0n) is 19.3. The molecule has 2 amide bonds. The molecule has 1 aliphatic carbocycles. The standard InChI is InChI=1S/C24H26FN7O2S/c1-13-9-20(35-31-13)30-23-21(22(26)33)27-11-19(29-23)32-8-2-3-16(12-32)28-24(34)15-6-7-17(14-4-5-14)18(25)10-15/h6-7,9-11,14,16H,2-5,8,12H2,1H3,(H2,26,33)(H,28,34)(H,29,30)/t16-/m1/s1. The lowest BCUT2D eigenvalue weighted by molar-refractivity contribution is 0.0931. The van der Waals surface area contributed by atoms with Gasteiger partial charge < -0.3 is 21.3 Å². The number of nitrogens with two attached hydrogens (primary N) is 1. The molecule has 0 radical (unpaired) electrons. The molecule has 2 fully saturated rings. The monoisotopic (exact) mass is 495 g/mol. The van der Waals surface area contributed by atoms with E-state index in [2.05, 4.69) is 25.0 Å². The summed E-state index contributed by atoms with van der Waals surface area (Å²) in [6.45, 7) is 3.11. The second-order valence-corrected chi connectivity index (χ2v) is 9.82. The minimum atomic E-state index is -0.684. The molecule has 2 aliphatic rings. The number of hydrogen-bond donors (Lipinski definition) is 3. The molecule has 11 heteroatoms. The van der Waals surface area contributed by atoms with E-state index in [0.717, 1.165) is 42.9 Å². The van der Waals surface area contributed by atoms with E-state index in [4.69, 9.17) is 5.73 Å².